The molecule has 0 spiro atoms. The fraction of sp³-hybridized carbons (Fsp3) is 0.583. The Morgan fingerprint density at radius 3 is 2.81 bits per heavy atom. The van der Waals surface area contributed by atoms with E-state index in [1.54, 1.807) is 18.3 Å². The standard InChI is InChI=1S/C12H18N2OS/c1-8-5-6-16-11(8)7-14(10-3-4-10)12(15)9(2)13/h5-6,9-10H,3-4,7,13H2,1-2H3/t9-/m0/s1. The first kappa shape index (κ1) is 11.6. The topological polar surface area (TPSA) is 46.3 Å². The summed E-state index contributed by atoms with van der Waals surface area (Å²) >= 11 is 1.72. The van der Waals surface area contributed by atoms with Crippen molar-refractivity contribution in [3.63, 3.8) is 0 Å². The van der Waals surface area contributed by atoms with E-state index in [0.717, 1.165) is 19.4 Å². The lowest BCUT2D eigenvalue weighted by Gasteiger charge is -2.24. The molecular weight excluding hydrogens is 220 g/mol. The van der Waals surface area contributed by atoms with Crippen LogP contribution in [0.15, 0.2) is 11.4 Å². The minimum atomic E-state index is -0.388. The quantitative estimate of drug-likeness (QED) is 0.870. The lowest BCUT2D eigenvalue weighted by atomic mass is 10.2. The van der Waals surface area contributed by atoms with Crippen LogP contribution >= 0.6 is 11.3 Å². The van der Waals surface area contributed by atoms with Gasteiger partial charge in [0.25, 0.3) is 0 Å². The molecule has 1 aromatic heterocycles. The smallest absolute Gasteiger partial charge is 0.239 e. The van der Waals surface area contributed by atoms with Crippen molar-refractivity contribution in [3.05, 3.63) is 21.9 Å². The van der Waals surface area contributed by atoms with Gasteiger partial charge in [-0.25, -0.2) is 0 Å². The first-order valence-corrected chi connectivity index (χ1v) is 6.56. The normalized spacial score (nSPS) is 17.2. The third kappa shape index (κ3) is 2.44. The summed E-state index contributed by atoms with van der Waals surface area (Å²) in [7, 11) is 0. The van der Waals surface area contributed by atoms with E-state index in [0.29, 0.717) is 6.04 Å². The highest BCUT2D eigenvalue weighted by Crippen LogP contribution is 2.30. The van der Waals surface area contributed by atoms with Crippen molar-refractivity contribution in [2.75, 3.05) is 0 Å². The van der Waals surface area contributed by atoms with E-state index in [9.17, 15) is 4.79 Å². The minimum Gasteiger partial charge on any atom is -0.333 e. The zero-order chi connectivity index (χ0) is 11.7. The summed E-state index contributed by atoms with van der Waals surface area (Å²) in [6, 6.07) is 2.14. The van der Waals surface area contributed by atoms with Crippen LogP contribution in [0.2, 0.25) is 0 Å². The van der Waals surface area contributed by atoms with Crippen LogP contribution in [0.25, 0.3) is 0 Å². The number of carbonyl (C=O) groups is 1. The van der Waals surface area contributed by atoms with Gasteiger partial charge in [0.05, 0.1) is 12.6 Å². The zero-order valence-electron chi connectivity index (χ0n) is 9.77. The molecule has 0 aromatic carbocycles. The average molecular weight is 238 g/mol. The van der Waals surface area contributed by atoms with Crippen molar-refractivity contribution < 1.29 is 4.79 Å². The van der Waals surface area contributed by atoms with E-state index in [2.05, 4.69) is 18.4 Å². The Balaban J connectivity index is 2.09. The molecule has 1 atom stereocenters. The van der Waals surface area contributed by atoms with Gasteiger partial charge in [0.2, 0.25) is 5.91 Å². The molecule has 0 radical (unpaired) electrons. The molecule has 1 heterocycles. The van der Waals surface area contributed by atoms with Crippen molar-refractivity contribution in [2.24, 2.45) is 5.73 Å². The molecule has 0 unspecified atom stereocenters. The molecule has 3 nitrogen and oxygen atoms in total. The molecule has 0 aliphatic heterocycles. The van der Waals surface area contributed by atoms with Crippen molar-refractivity contribution >= 4 is 17.2 Å². The summed E-state index contributed by atoms with van der Waals surface area (Å²) in [6.45, 7) is 4.58. The Morgan fingerprint density at radius 1 is 1.69 bits per heavy atom. The van der Waals surface area contributed by atoms with Gasteiger partial charge in [0, 0.05) is 10.9 Å². The molecule has 1 aliphatic carbocycles. The van der Waals surface area contributed by atoms with E-state index in [4.69, 9.17) is 5.73 Å². The Kier molecular flexibility index (Phi) is 3.30. The highest BCUT2D eigenvalue weighted by Gasteiger charge is 2.33. The van der Waals surface area contributed by atoms with Gasteiger partial charge in [0.1, 0.15) is 0 Å². The molecule has 0 bridgehead atoms. The van der Waals surface area contributed by atoms with E-state index in [-0.39, 0.29) is 11.9 Å². The number of thiophene rings is 1. The monoisotopic (exact) mass is 238 g/mol. The molecular formula is C12H18N2OS. The van der Waals surface area contributed by atoms with Gasteiger partial charge in [0.15, 0.2) is 0 Å². The van der Waals surface area contributed by atoms with Crippen LogP contribution in [0.3, 0.4) is 0 Å². The van der Waals surface area contributed by atoms with Crippen LogP contribution in [0.5, 0.6) is 0 Å². The maximum absolute atomic E-state index is 12.0. The zero-order valence-corrected chi connectivity index (χ0v) is 10.6. The van der Waals surface area contributed by atoms with Gasteiger partial charge in [-0.05, 0) is 43.7 Å². The van der Waals surface area contributed by atoms with Gasteiger partial charge >= 0.3 is 0 Å². The molecule has 88 valence electrons. The van der Waals surface area contributed by atoms with Crippen LogP contribution in [0, 0.1) is 6.92 Å². The Hall–Kier alpha value is -0.870. The predicted molar refractivity (Wildman–Crippen MR) is 66.3 cm³/mol. The summed E-state index contributed by atoms with van der Waals surface area (Å²) in [5.74, 6) is 0.0790. The summed E-state index contributed by atoms with van der Waals surface area (Å²) in [6.07, 6.45) is 2.26. The lowest BCUT2D eigenvalue weighted by molar-refractivity contribution is -0.133. The van der Waals surface area contributed by atoms with Gasteiger partial charge in [-0.15, -0.1) is 11.3 Å². The number of rotatable bonds is 4. The summed E-state index contributed by atoms with van der Waals surface area (Å²) < 4.78 is 0. The first-order chi connectivity index (χ1) is 7.59. The second-order valence-electron chi connectivity index (χ2n) is 4.51. The first-order valence-electron chi connectivity index (χ1n) is 5.68. The van der Waals surface area contributed by atoms with E-state index < -0.39 is 0 Å². The van der Waals surface area contributed by atoms with Crippen LogP contribution in [0.4, 0.5) is 0 Å². The number of amides is 1. The molecule has 2 rings (SSSR count). The van der Waals surface area contributed by atoms with Crippen molar-refractivity contribution in [2.45, 2.75) is 45.3 Å². The Morgan fingerprint density at radius 2 is 2.38 bits per heavy atom. The van der Waals surface area contributed by atoms with E-state index in [1.807, 2.05) is 4.90 Å². The molecule has 1 amide bonds. The third-order valence-electron chi connectivity index (χ3n) is 2.94. The van der Waals surface area contributed by atoms with Crippen LogP contribution < -0.4 is 5.73 Å². The predicted octanol–water partition coefficient (Wildman–Crippen LogP) is 1.89. The maximum Gasteiger partial charge on any atom is 0.239 e. The molecule has 2 N–H and O–H groups in total. The maximum atomic E-state index is 12.0. The molecule has 1 fully saturated rings. The summed E-state index contributed by atoms with van der Waals surface area (Å²) in [4.78, 5) is 15.2. The fourth-order valence-corrected chi connectivity index (χ4v) is 2.66. The van der Waals surface area contributed by atoms with Gasteiger partial charge in [-0.3, -0.25) is 4.79 Å². The Bertz CT molecular complexity index is 382. The summed E-state index contributed by atoms with van der Waals surface area (Å²) in [5, 5.41) is 2.08. The highest BCUT2D eigenvalue weighted by atomic mass is 32.1. The number of aryl methyl sites for hydroxylation is 1. The molecule has 1 aromatic rings. The third-order valence-corrected chi connectivity index (χ3v) is 3.95. The van der Waals surface area contributed by atoms with E-state index in [1.165, 1.54) is 10.4 Å². The minimum absolute atomic E-state index is 0.0790. The van der Waals surface area contributed by atoms with E-state index >= 15 is 0 Å². The second-order valence-corrected chi connectivity index (χ2v) is 5.51. The number of carbonyl (C=O) groups excluding carboxylic acids is 1. The summed E-state index contributed by atoms with van der Waals surface area (Å²) in [5.41, 5.74) is 6.95. The molecule has 1 saturated carbocycles. The molecule has 4 heteroatoms. The van der Waals surface area contributed by atoms with Crippen LogP contribution in [0.1, 0.15) is 30.2 Å². The van der Waals surface area contributed by atoms with Gasteiger partial charge in [-0.1, -0.05) is 0 Å². The fourth-order valence-electron chi connectivity index (χ4n) is 1.76. The van der Waals surface area contributed by atoms with Crippen molar-refractivity contribution in [1.82, 2.24) is 4.90 Å². The largest absolute Gasteiger partial charge is 0.333 e. The highest BCUT2D eigenvalue weighted by molar-refractivity contribution is 7.10. The molecule has 16 heavy (non-hydrogen) atoms. The van der Waals surface area contributed by atoms with Gasteiger partial charge < -0.3 is 10.6 Å². The SMILES string of the molecule is Cc1ccsc1CN(C(=O)[C@H](C)N)C1CC1. The van der Waals surface area contributed by atoms with Crippen molar-refractivity contribution in [3.8, 4) is 0 Å². The van der Waals surface area contributed by atoms with Crippen LogP contribution in [-0.4, -0.2) is 22.9 Å². The number of nitrogens with two attached hydrogens (primary N) is 1. The van der Waals surface area contributed by atoms with Gasteiger partial charge in [-0.2, -0.15) is 0 Å². The number of hydrogen-bond donors (Lipinski definition) is 1. The number of hydrogen-bond acceptors (Lipinski definition) is 3. The van der Waals surface area contributed by atoms with Crippen molar-refractivity contribution in [1.29, 1.82) is 0 Å². The lowest BCUT2D eigenvalue weighted by Crippen LogP contribution is -2.42. The Labute approximate surface area is 100 Å². The molecule has 0 saturated heterocycles. The molecule has 1 aliphatic rings. The average Bonchev–Trinajstić information content (AvgIpc) is 2.99. The van der Waals surface area contributed by atoms with Crippen LogP contribution in [-0.2, 0) is 11.3 Å². The second kappa shape index (κ2) is 4.55. The number of nitrogens with zero attached hydrogens (tertiary/aromatic N) is 1.